The van der Waals surface area contributed by atoms with Crippen LogP contribution in [0.15, 0.2) is 47.4 Å². The minimum Gasteiger partial charge on any atom is -0.367 e. The molecule has 1 heterocycles. The molecule has 0 aromatic heterocycles. The van der Waals surface area contributed by atoms with Crippen molar-refractivity contribution >= 4 is 27.3 Å². The Morgan fingerprint density at radius 2 is 1.58 bits per heavy atom. The lowest BCUT2D eigenvalue weighted by Crippen LogP contribution is -2.48. The Balaban J connectivity index is 1.76. The summed E-state index contributed by atoms with van der Waals surface area (Å²) in [6.45, 7) is 1.17. The summed E-state index contributed by atoms with van der Waals surface area (Å²) in [6.07, 6.45) is 0. The van der Waals surface area contributed by atoms with Gasteiger partial charge in [-0.3, -0.25) is 0 Å². The summed E-state index contributed by atoms with van der Waals surface area (Å²) in [5.74, 6) is -1.00. The van der Waals surface area contributed by atoms with Gasteiger partial charge < -0.3 is 4.90 Å². The zero-order chi connectivity index (χ0) is 17.3. The van der Waals surface area contributed by atoms with E-state index in [4.69, 9.17) is 11.6 Å². The molecule has 128 valence electrons. The quantitative estimate of drug-likeness (QED) is 0.831. The van der Waals surface area contributed by atoms with Crippen LogP contribution in [0.1, 0.15) is 0 Å². The highest BCUT2D eigenvalue weighted by Gasteiger charge is 2.29. The van der Waals surface area contributed by atoms with E-state index in [0.717, 1.165) is 12.1 Å². The van der Waals surface area contributed by atoms with Gasteiger partial charge in [0.15, 0.2) is 0 Å². The Morgan fingerprint density at radius 3 is 2.21 bits per heavy atom. The molecule has 24 heavy (non-hydrogen) atoms. The summed E-state index contributed by atoms with van der Waals surface area (Å²) in [7, 11) is -3.76. The van der Waals surface area contributed by atoms with E-state index in [1.165, 1.54) is 16.4 Å². The first kappa shape index (κ1) is 17.1. The second kappa shape index (κ2) is 6.66. The summed E-state index contributed by atoms with van der Waals surface area (Å²) in [4.78, 5) is 1.76. The van der Waals surface area contributed by atoms with Crippen LogP contribution in [-0.4, -0.2) is 38.9 Å². The highest BCUT2D eigenvalue weighted by molar-refractivity contribution is 7.89. The Morgan fingerprint density at radius 1 is 0.917 bits per heavy atom. The molecule has 1 aliphatic heterocycles. The third-order valence-corrected chi connectivity index (χ3v) is 6.14. The number of anilines is 1. The Hall–Kier alpha value is -1.70. The second-order valence-corrected chi connectivity index (χ2v) is 7.76. The second-order valence-electron chi connectivity index (χ2n) is 5.42. The third kappa shape index (κ3) is 3.24. The van der Waals surface area contributed by atoms with Crippen LogP contribution in [0.2, 0.25) is 5.02 Å². The van der Waals surface area contributed by atoms with Gasteiger partial charge in [-0.25, -0.2) is 17.2 Å². The maximum Gasteiger partial charge on any atom is 0.243 e. The predicted octanol–water partition coefficient (Wildman–Crippen LogP) is 3.13. The molecule has 2 aromatic carbocycles. The number of hydrogen-bond donors (Lipinski definition) is 0. The molecular weight excluding hydrogens is 358 g/mol. The molecule has 0 atom stereocenters. The zero-order valence-corrected chi connectivity index (χ0v) is 14.2. The molecule has 0 bridgehead atoms. The number of rotatable bonds is 3. The topological polar surface area (TPSA) is 40.6 Å². The van der Waals surface area contributed by atoms with Crippen molar-refractivity contribution in [3.63, 3.8) is 0 Å². The molecule has 3 rings (SSSR count). The maximum atomic E-state index is 13.8. The van der Waals surface area contributed by atoms with Gasteiger partial charge in [0.2, 0.25) is 10.0 Å². The van der Waals surface area contributed by atoms with Crippen LogP contribution in [-0.2, 0) is 10.0 Å². The average molecular weight is 373 g/mol. The monoisotopic (exact) mass is 372 g/mol. The summed E-state index contributed by atoms with van der Waals surface area (Å²) in [5, 5.41) is -0.235. The molecule has 0 saturated carbocycles. The lowest BCUT2D eigenvalue weighted by Gasteiger charge is -2.35. The molecule has 4 nitrogen and oxygen atoms in total. The van der Waals surface area contributed by atoms with E-state index in [9.17, 15) is 17.2 Å². The van der Waals surface area contributed by atoms with Crippen molar-refractivity contribution in [1.82, 2.24) is 4.31 Å². The number of benzene rings is 2. The first-order valence-corrected chi connectivity index (χ1v) is 9.16. The molecule has 0 radical (unpaired) electrons. The van der Waals surface area contributed by atoms with E-state index in [2.05, 4.69) is 0 Å². The largest absolute Gasteiger partial charge is 0.367 e. The van der Waals surface area contributed by atoms with Crippen LogP contribution in [0.5, 0.6) is 0 Å². The predicted molar refractivity (Wildman–Crippen MR) is 88.8 cm³/mol. The van der Waals surface area contributed by atoms with Gasteiger partial charge in [-0.2, -0.15) is 4.31 Å². The molecule has 1 fully saturated rings. The van der Waals surface area contributed by atoms with Crippen LogP contribution >= 0.6 is 11.6 Å². The van der Waals surface area contributed by atoms with Crippen molar-refractivity contribution in [2.75, 3.05) is 31.1 Å². The Kier molecular flexibility index (Phi) is 4.76. The molecule has 8 heteroatoms. The van der Waals surface area contributed by atoms with E-state index < -0.39 is 15.8 Å². The van der Waals surface area contributed by atoms with Gasteiger partial charge in [0.25, 0.3) is 0 Å². The van der Waals surface area contributed by atoms with E-state index >= 15 is 0 Å². The summed E-state index contributed by atoms with van der Waals surface area (Å²) in [6, 6.07) is 9.72. The number of hydrogen-bond acceptors (Lipinski definition) is 3. The van der Waals surface area contributed by atoms with Crippen molar-refractivity contribution in [2.24, 2.45) is 0 Å². The van der Waals surface area contributed by atoms with Crippen molar-refractivity contribution in [2.45, 2.75) is 4.90 Å². The van der Waals surface area contributed by atoms with Gasteiger partial charge in [-0.15, -0.1) is 0 Å². The molecule has 1 saturated heterocycles. The first-order chi connectivity index (χ1) is 11.4. The zero-order valence-electron chi connectivity index (χ0n) is 12.6. The van der Waals surface area contributed by atoms with Crippen molar-refractivity contribution in [1.29, 1.82) is 0 Å². The molecule has 2 aromatic rings. The SMILES string of the molecule is O=S(=O)(c1ccc(F)c(Cl)c1)N1CCN(c2ccccc2F)CC1. The fraction of sp³-hybridized carbons (Fsp3) is 0.250. The molecule has 0 N–H and O–H groups in total. The van der Waals surface area contributed by atoms with E-state index in [-0.39, 0.29) is 28.8 Å². The van der Waals surface area contributed by atoms with Gasteiger partial charge in [-0.05, 0) is 30.3 Å². The van der Waals surface area contributed by atoms with E-state index in [1.54, 1.807) is 23.1 Å². The molecular formula is C16H15ClF2N2O2S. The fourth-order valence-corrected chi connectivity index (χ4v) is 4.36. The third-order valence-electron chi connectivity index (χ3n) is 3.96. The summed E-state index contributed by atoms with van der Waals surface area (Å²) < 4.78 is 53.6. The van der Waals surface area contributed by atoms with E-state index in [0.29, 0.717) is 18.8 Å². The maximum absolute atomic E-state index is 13.8. The van der Waals surface area contributed by atoms with Crippen LogP contribution in [0.4, 0.5) is 14.5 Å². The molecule has 0 aliphatic carbocycles. The summed E-state index contributed by atoms with van der Waals surface area (Å²) >= 11 is 5.67. The number of sulfonamides is 1. The van der Waals surface area contributed by atoms with Crippen LogP contribution in [0.3, 0.4) is 0 Å². The normalized spacial score (nSPS) is 16.4. The highest BCUT2D eigenvalue weighted by Crippen LogP contribution is 2.25. The Bertz CT molecular complexity index is 853. The first-order valence-electron chi connectivity index (χ1n) is 7.34. The van der Waals surface area contributed by atoms with Crippen molar-refractivity contribution < 1.29 is 17.2 Å². The number of nitrogens with zero attached hydrogens (tertiary/aromatic N) is 2. The summed E-state index contributed by atoms with van der Waals surface area (Å²) in [5.41, 5.74) is 0.458. The van der Waals surface area contributed by atoms with E-state index in [1.807, 2.05) is 0 Å². The smallest absolute Gasteiger partial charge is 0.243 e. The van der Waals surface area contributed by atoms with Crippen LogP contribution in [0, 0.1) is 11.6 Å². The minimum absolute atomic E-state index is 0.0479. The Labute approximate surface area is 144 Å². The molecule has 0 unspecified atom stereocenters. The van der Waals surface area contributed by atoms with Gasteiger partial charge in [0, 0.05) is 26.2 Å². The molecule has 0 amide bonds. The fourth-order valence-electron chi connectivity index (χ4n) is 2.66. The van der Waals surface area contributed by atoms with Gasteiger partial charge in [-0.1, -0.05) is 23.7 Å². The average Bonchev–Trinajstić information content (AvgIpc) is 2.58. The van der Waals surface area contributed by atoms with Gasteiger partial charge >= 0.3 is 0 Å². The lowest BCUT2D eigenvalue weighted by atomic mass is 10.2. The standard InChI is InChI=1S/C16H15ClF2N2O2S/c17-13-11-12(5-6-14(13)18)24(22,23)21-9-7-20(8-10-21)16-4-2-1-3-15(16)19/h1-6,11H,7-10H2. The lowest BCUT2D eigenvalue weighted by molar-refractivity contribution is 0.383. The number of piperazine rings is 1. The molecule has 0 spiro atoms. The number of para-hydroxylation sites is 1. The van der Waals surface area contributed by atoms with Gasteiger partial charge in [0.05, 0.1) is 15.6 Å². The van der Waals surface area contributed by atoms with Gasteiger partial charge in [0.1, 0.15) is 11.6 Å². The van der Waals surface area contributed by atoms with Crippen molar-refractivity contribution in [3.8, 4) is 0 Å². The molecule has 1 aliphatic rings. The van der Waals surface area contributed by atoms with Crippen LogP contribution in [0.25, 0.3) is 0 Å². The van der Waals surface area contributed by atoms with Crippen LogP contribution < -0.4 is 4.90 Å². The number of halogens is 3. The highest BCUT2D eigenvalue weighted by atomic mass is 35.5. The van der Waals surface area contributed by atoms with Crippen molar-refractivity contribution in [3.05, 3.63) is 59.1 Å². The minimum atomic E-state index is -3.76.